The molecule has 12 unspecified atom stereocenters. The first kappa shape index (κ1) is 96.2. The number of nitrogens with zero attached hydrogens (tertiary/aromatic N) is 13. The van der Waals surface area contributed by atoms with Gasteiger partial charge in [0.15, 0.2) is 22.6 Å². The summed E-state index contributed by atoms with van der Waals surface area (Å²) in [6.45, 7) is -20.9. The zero-order chi connectivity index (χ0) is 90.9. The smallest absolute Gasteiger partial charge is 0.351 e. The predicted octanol–water partition coefficient (Wildman–Crippen LogP) is 0.859. The number of nitrogens with two attached hydrogens (primary N) is 4. The minimum atomic E-state index is -4.71. The van der Waals surface area contributed by atoms with E-state index in [4.69, 9.17) is 176 Å². The van der Waals surface area contributed by atoms with E-state index in [1.54, 1.807) is 27.7 Å². The summed E-state index contributed by atoms with van der Waals surface area (Å²) in [5.74, 6) is -1.39. The summed E-state index contributed by atoms with van der Waals surface area (Å²) in [7, 11) is 1.12. The number of H-pyrrole nitrogens is 3. The Labute approximate surface area is 740 Å². The quantitative estimate of drug-likeness (QED) is 0.0245. The van der Waals surface area contributed by atoms with Gasteiger partial charge in [-0.3, -0.25) is 56.7 Å². The van der Waals surface area contributed by atoms with E-state index in [0.29, 0.717) is 17.5 Å². The van der Waals surface area contributed by atoms with Gasteiger partial charge in [-0.1, -0.05) is 13.8 Å². The second-order valence-corrected chi connectivity index (χ2v) is 46.6. The number of nitrogens with one attached hydrogen (secondary N) is 3. The SMILES string of the molecule is CC[C@H]1O[C@@H](n2cc(C)c(=O)[nH]c2=O)CC1OP(O)(=S)OC[C@H]1O[C@@H](n2cnc3c(N)ncnc32)CC1OP(O)(=S)OC[C@H]1O[C@@H](n2cnc3c(=O)[nH]c(N)nc32)CC1OP(O)(=S)OC[C@H]1O[C@@H](n2cc(C)c(=O)[nH]c2=O)CC1OP(O)(=S)OC[C@H]1O[C@@H](n2cc(C)c(N)nc2=O)[C@@H](C)C1OP(O)(=S)OC[C@H]1O[C@@H](n2cc(C)c(N)nc2=O)CC1OP(O)(=S)OC. The number of hydrogen-bond donors (Lipinski definition) is 13. The van der Waals surface area contributed by atoms with Crippen molar-refractivity contribution in [2.75, 3.05) is 63.1 Å². The average Bonchev–Trinajstić information content (AvgIpc) is 1.62. The highest BCUT2D eigenvalue weighted by atomic mass is 32.5. The Morgan fingerprint density at radius 1 is 0.421 bits per heavy atom. The molecule has 0 spiro atoms. The molecule has 6 fully saturated rings. The molecule has 8 aromatic rings. The minimum Gasteiger partial charge on any atom is -0.383 e. The van der Waals surface area contributed by atoms with Crippen molar-refractivity contribution in [2.24, 2.45) is 5.92 Å². The van der Waals surface area contributed by atoms with Crippen LogP contribution in [0.25, 0.3) is 22.3 Å². The number of aryl methyl sites for hydroxylation is 4. The van der Waals surface area contributed by atoms with E-state index in [-0.39, 0.29) is 89.0 Å². The number of nitrogen functional groups attached to an aromatic ring is 4. The molecule has 126 heavy (non-hydrogen) atoms. The van der Waals surface area contributed by atoms with E-state index in [2.05, 4.69) is 49.8 Å². The molecule has 0 amide bonds. The fourth-order valence-electron chi connectivity index (χ4n) is 14.8. The van der Waals surface area contributed by atoms with E-state index in [1.807, 2.05) is 0 Å². The maximum absolute atomic E-state index is 13.6. The lowest BCUT2D eigenvalue weighted by Crippen LogP contribution is -2.34. The molecule has 51 nitrogen and oxygen atoms in total. The van der Waals surface area contributed by atoms with Crippen molar-refractivity contribution in [1.82, 2.24) is 77.2 Å². The Balaban J connectivity index is 0.681. The lowest BCUT2D eigenvalue weighted by molar-refractivity contribution is -0.0573. The van der Waals surface area contributed by atoms with Gasteiger partial charge < -0.3 is 135 Å². The van der Waals surface area contributed by atoms with Crippen LogP contribution in [0, 0.1) is 33.6 Å². The van der Waals surface area contributed by atoms with Crippen LogP contribution >= 0.6 is 40.3 Å². The molecular formula is C63H86N20O31P6S6. The predicted molar refractivity (Wildman–Crippen MR) is 461 cm³/mol. The van der Waals surface area contributed by atoms with Crippen molar-refractivity contribution in [1.29, 1.82) is 0 Å². The minimum absolute atomic E-state index is 0.00367. The molecule has 6 aliphatic rings. The Bertz CT molecular complexity index is 6230. The molecule has 14 rings (SSSR count). The zero-order valence-electron chi connectivity index (χ0n) is 66.9. The Kier molecular flexibility index (Phi) is 29.3. The van der Waals surface area contributed by atoms with Crippen LogP contribution in [0.5, 0.6) is 0 Å². The number of ether oxygens (including phenoxy) is 6. The van der Waals surface area contributed by atoms with Gasteiger partial charge in [0, 0.05) is 92.2 Å². The summed E-state index contributed by atoms with van der Waals surface area (Å²) in [6, 6.07) is 0. The number of imidazole rings is 2. The highest BCUT2D eigenvalue weighted by Crippen LogP contribution is 2.58. The number of aromatic nitrogens is 16. The van der Waals surface area contributed by atoms with E-state index >= 15 is 0 Å². The van der Waals surface area contributed by atoms with Crippen LogP contribution in [-0.2, 0) is 154 Å². The third kappa shape index (κ3) is 22.1. The molecule has 0 radical (unpaired) electrons. The number of anilines is 4. The average molecular weight is 2000 g/mol. The molecule has 0 saturated carbocycles. The Hall–Kier alpha value is -5.84. The number of fused-ring (bicyclic) bond motifs is 2. The first-order valence-electron chi connectivity index (χ1n) is 38.0. The standard InChI is InChI=1S/C63H86N20O31P6S6/c1-8-31-32(9-42(103-31)79-16-28(4)55(84)76-62(79)89)110-116(92,122)98-19-39-35(12-45(106-39)82-24-70-47-52(66)68-23-69-53(47)82)112-118(94,124)100-20-40-36(13-46(107-40)83-25-71-48-54(83)74-59(67)75-57(48)86)113-117(93,123)99-18-38-34(11-44(105-38)80-17-29(5)56(85)77-63(80)90)111-119(95,125)102-22-41-49(30(6)58(108-41)81-15-27(3)51(65)73-61(81)88)114-120(96,126)101-21-37-33(109-115(91,121)97-7)10-43(104-37)78-14-26(2)50(64)72-60(78)87/h14-17,23-25,30-46,49,58H,8-13,18-22H2,1-7H3,(H,91,121)(H,92,122)(H,93,123)(H,94,124)(H,95,125)(H,96,126)(H2,64,72,87)(H2,65,73,88)(H2,66,68,69)(H,76,84,89)(H,77,85,90)(H3,67,74,75,86)/t30-,31+,32?,33?,34?,35?,36?,37+,38+,39+,40+,41+,42+,43+,44+,45+,46+,49?,58+,115?,116?,117?,118?,119?,120?/m0/s1. The van der Waals surface area contributed by atoms with Gasteiger partial charge in [0.05, 0.1) is 82.3 Å². The zero-order valence-corrected chi connectivity index (χ0v) is 77.2. The molecule has 690 valence electrons. The van der Waals surface area contributed by atoms with Crippen molar-refractivity contribution < 1.29 is 112 Å². The van der Waals surface area contributed by atoms with Crippen molar-refractivity contribution in [3.63, 3.8) is 0 Å². The van der Waals surface area contributed by atoms with Gasteiger partial charge in [-0.25, -0.2) is 39.1 Å². The monoisotopic (exact) mass is 2000 g/mol. The summed E-state index contributed by atoms with van der Waals surface area (Å²) in [5.41, 5.74) is 19.9. The third-order valence-electron chi connectivity index (χ3n) is 21.1. The van der Waals surface area contributed by atoms with Gasteiger partial charge in [0.25, 0.3) is 16.7 Å². The van der Waals surface area contributed by atoms with Crippen LogP contribution in [0.4, 0.5) is 23.4 Å². The van der Waals surface area contributed by atoms with Gasteiger partial charge in [-0.05, 0) is 105 Å². The molecule has 6 aliphatic heterocycles. The fourth-order valence-corrected chi connectivity index (χ4v) is 23.2. The van der Waals surface area contributed by atoms with Gasteiger partial charge in [-0.2, -0.15) is 15.0 Å². The van der Waals surface area contributed by atoms with E-state index in [9.17, 15) is 62.9 Å². The van der Waals surface area contributed by atoms with E-state index in [1.165, 1.54) is 71.3 Å². The number of aromatic amines is 3. The van der Waals surface area contributed by atoms with Crippen molar-refractivity contribution in [3.05, 3.63) is 139 Å². The van der Waals surface area contributed by atoms with Crippen LogP contribution in [0.15, 0.2) is 77.3 Å². The van der Waals surface area contributed by atoms with E-state index in [0.717, 1.165) is 20.8 Å². The second kappa shape index (κ2) is 38.4. The Morgan fingerprint density at radius 3 is 1.23 bits per heavy atom. The third-order valence-corrected chi connectivity index (χ3v) is 30.7. The molecule has 8 aromatic heterocycles. The molecular weight excluding hydrogens is 1910 g/mol. The summed E-state index contributed by atoms with van der Waals surface area (Å²) in [4.78, 5) is 198. The van der Waals surface area contributed by atoms with Crippen molar-refractivity contribution in [2.45, 2.75) is 191 Å². The lowest BCUT2D eigenvalue weighted by atomic mass is 10.0. The molecule has 0 aliphatic carbocycles. The summed E-state index contributed by atoms with van der Waals surface area (Å²) >= 11 is 33.3. The lowest BCUT2D eigenvalue weighted by Gasteiger charge is -2.29. The first-order valence-corrected chi connectivity index (χ1v) is 53.6. The molecule has 6 saturated heterocycles. The van der Waals surface area contributed by atoms with Crippen molar-refractivity contribution in [3.8, 4) is 0 Å². The highest BCUT2D eigenvalue weighted by molar-refractivity contribution is 8.08. The van der Waals surface area contributed by atoms with Gasteiger partial charge in [0.1, 0.15) is 97.5 Å². The second-order valence-electron chi connectivity index (χ2n) is 29.7. The van der Waals surface area contributed by atoms with Crippen LogP contribution < -0.4 is 62.4 Å². The van der Waals surface area contributed by atoms with Gasteiger partial charge in [-0.15, -0.1) is 0 Å². The van der Waals surface area contributed by atoms with Crippen LogP contribution in [-0.4, -0.2) is 220 Å². The van der Waals surface area contributed by atoms with Crippen LogP contribution in [0.2, 0.25) is 0 Å². The normalized spacial score (nSPS) is 29.9. The topological polar surface area (TPSA) is 678 Å². The first-order chi connectivity index (χ1) is 59.2. The van der Waals surface area contributed by atoms with Crippen LogP contribution in [0.1, 0.15) is 112 Å². The molecule has 17 N–H and O–H groups in total. The maximum atomic E-state index is 13.6. The molecule has 0 bridgehead atoms. The molecule has 0 aromatic carbocycles. The largest absolute Gasteiger partial charge is 0.383 e. The summed E-state index contributed by atoms with van der Waals surface area (Å²) in [5, 5.41) is 0. The highest BCUT2D eigenvalue weighted by Gasteiger charge is 2.52. The van der Waals surface area contributed by atoms with Crippen LogP contribution in [0.3, 0.4) is 0 Å². The van der Waals surface area contributed by atoms with Gasteiger partial charge >= 0.3 is 63.1 Å². The van der Waals surface area contributed by atoms with Gasteiger partial charge in [0.2, 0.25) is 5.95 Å². The number of rotatable bonds is 35. The van der Waals surface area contributed by atoms with Crippen molar-refractivity contribution >= 4 is 157 Å². The fraction of sp³-hybridized carbons (Fsp3) is 0.587. The molecule has 25 atom stereocenters. The molecule has 14 heterocycles. The van der Waals surface area contributed by atoms with E-state index < -0.39 is 229 Å². The Morgan fingerprint density at radius 2 is 0.786 bits per heavy atom. The summed E-state index contributed by atoms with van der Waals surface area (Å²) in [6.07, 6.45) is -13.8. The maximum Gasteiger partial charge on any atom is 0.351 e. The molecule has 63 heteroatoms. The number of hydrogen-bond acceptors (Lipinski definition) is 42. The summed E-state index contributed by atoms with van der Waals surface area (Å²) < 4.78 is 117.